The van der Waals surface area contributed by atoms with Crippen LogP contribution in [0.4, 0.5) is 0 Å². The first-order chi connectivity index (χ1) is 10.8. The highest BCUT2D eigenvalue weighted by atomic mass is 32.1. The van der Waals surface area contributed by atoms with Crippen molar-refractivity contribution in [1.29, 1.82) is 0 Å². The highest BCUT2D eigenvalue weighted by Crippen LogP contribution is 2.31. The van der Waals surface area contributed by atoms with Crippen LogP contribution in [0.1, 0.15) is 16.3 Å². The second-order valence-corrected chi connectivity index (χ2v) is 5.89. The third kappa shape index (κ3) is 2.25. The van der Waals surface area contributed by atoms with Gasteiger partial charge < -0.3 is 4.74 Å². The zero-order valence-electron chi connectivity index (χ0n) is 11.9. The van der Waals surface area contributed by atoms with E-state index in [2.05, 4.69) is 34.5 Å². The van der Waals surface area contributed by atoms with Gasteiger partial charge in [0.15, 0.2) is 11.6 Å². The molecule has 0 saturated heterocycles. The van der Waals surface area contributed by atoms with Gasteiger partial charge in [-0.15, -0.1) is 16.4 Å². The second kappa shape index (κ2) is 5.27. The molecule has 108 valence electrons. The predicted octanol–water partition coefficient (Wildman–Crippen LogP) is 4.31. The molecule has 5 heteroatoms. The Kier molecular flexibility index (Phi) is 3.12. The van der Waals surface area contributed by atoms with Crippen LogP contribution in [0.2, 0.25) is 0 Å². The molecular weight excluding hydrogens is 294 g/mol. The van der Waals surface area contributed by atoms with E-state index in [9.17, 15) is 0 Å². The van der Waals surface area contributed by atoms with Crippen LogP contribution in [0.3, 0.4) is 0 Å². The smallest absolute Gasteiger partial charge is 0.175 e. The van der Waals surface area contributed by atoms with Gasteiger partial charge in [-0.2, -0.15) is 0 Å². The predicted molar refractivity (Wildman–Crippen MR) is 89.4 cm³/mol. The third-order valence-corrected chi connectivity index (χ3v) is 4.44. The standard InChI is InChI=1S/C17H13N3OS/c1-12-8-11-22-15(12)6-7-16-18-17-13-4-2-3-5-14(13)21-10-9-20(17)19-16/h2-11H,1H3/b7-6+. The van der Waals surface area contributed by atoms with Crippen LogP contribution >= 0.6 is 11.3 Å². The van der Waals surface area contributed by atoms with E-state index in [0.29, 0.717) is 5.82 Å². The van der Waals surface area contributed by atoms with Gasteiger partial charge in [-0.05, 0) is 48.2 Å². The van der Waals surface area contributed by atoms with Gasteiger partial charge in [-0.1, -0.05) is 12.1 Å². The van der Waals surface area contributed by atoms with Gasteiger partial charge in [-0.25, -0.2) is 9.67 Å². The Labute approximate surface area is 132 Å². The molecule has 2 aromatic heterocycles. The van der Waals surface area contributed by atoms with Crippen molar-refractivity contribution in [2.75, 3.05) is 0 Å². The summed E-state index contributed by atoms with van der Waals surface area (Å²) in [6, 6.07) is 9.93. The van der Waals surface area contributed by atoms with Crippen molar-refractivity contribution in [2.45, 2.75) is 6.92 Å². The fourth-order valence-electron chi connectivity index (χ4n) is 2.32. The quantitative estimate of drug-likeness (QED) is 0.708. The number of thiophene rings is 1. The van der Waals surface area contributed by atoms with Crippen LogP contribution in [0, 0.1) is 6.92 Å². The van der Waals surface area contributed by atoms with Crippen molar-refractivity contribution < 1.29 is 4.74 Å². The lowest BCUT2D eigenvalue weighted by Crippen LogP contribution is -1.91. The summed E-state index contributed by atoms with van der Waals surface area (Å²) >= 11 is 1.71. The SMILES string of the molecule is Cc1ccsc1/C=C/c1nc2n(n1)C=COc1ccccc1-2. The normalized spacial score (nSPS) is 12.8. The van der Waals surface area contributed by atoms with Crippen molar-refractivity contribution in [3.63, 3.8) is 0 Å². The van der Waals surface area contributed by atoms with Crippen LogP contribution in [-0.2, 0) is 0 Å². The van der Waals surface area contributed by atoms with Crippen molar-refractivity contribution in [1.82, 2.24) is 14.8 Å². The van der Waals surface area contributed by atoms with E-state index in [1.54, 1.807) is 28.5 Å². The number of ether oxygens (including phenoxy) is 1. The van der Waals surface area contributed by atoms with Gasteiger partial charge in [0.2, 0.25) is 0 Å². The van der Waals surface area contributed by atoms with Crippen molar-refractivity contribution in [3.8, 4) is 17.1 Å². The number of benzene rings is 1. The van der Waals surface area contributed by atoms with E-state index >= 15 is 0 Å². The van der Waals surface area contributed by atoms with Gasteiger partial charge in [-0.3, -0.25) is 0 Å². The largest absolute Gasteiger partial charge is 0.463 e. The lowest BCUT2D eigenvalue weighted by Gasteiger charge is -2.02. The van der Waals surface area contributed by atoms with Crippen molar-refractivity contribution in [3.05, 3.63) is 58.2 Å². The number of rotatable bonds is 2. The van der Waals surface area contributed by atoms with Crippen molar-refractivity contribution in [2.24, 2.45) is 0 Å². The summed E-state index contributed by atoms with van der Waals surface area (Å²) < 4.78 is 7.31. The first kappa shape index (κ1) is 13.0. The number of aryl methyl sites for hydroxylation is 1. The maximum Gasteiger partial charge on any atom is 0.175 e. The summed E-state index contributed by atoms with van der Waals surface area (Å²) in [7, 11) is 0. The van der Waals surface area contributed by atoms with Crippen molar-refractivity contribution >= 4 is 29.7 Å². The molecule has 0 aliphatic carbocycles. The van der Waals surface area contributed by atoms with Crippen LogP contribution in [0.5, 0.6) is 5.75 Å². The molecule has 22 heavy (non-hydrogen) atoms. The minimum absolute atomic E-state index is 0.684. The summed E-state index contributed by atoms with van der Waals surface area (Å²) in [6.45, 7) is 2.10. The van der Waals surface area contributed by atoms with Gasteiger partial charge in [0.1, 0.15) is 12.0 Å². The molecule has 1 aromatic carbocycles. The van der Waals surface area contributed by atoms with E-state index in [1.165, 1.54) is 10.4 Å². The van der Waals surface area contributed by atoms with E-state index in [4.69, 9.17) is 4.74 Å². The second-order valence-electron chi connectivity index (χ2n) is 4.94. The molecule has 0 N–H and O–H groups in total. The molecule has 0 atom stereocenters. The minimum atomic E-state index is 0.684. The highest BCUT2D eigenvalue weighted by molar-refractivity contribution is 7.11. The van der Waals surface area contributed by atoms with Crippen LogP contribution in [-0.4, -0.2) is 14.8 Å². The molecular formula is C17H13N3OS. The molecule has 0 amide bonds. The molecule has 3 heterocycles. The average Bonchev–Trinajstić information content (AvgIpc) is 3.08. The fourth-order valence-corrected chi connectivity index (χ4v) is 3.14. The molecule has 1 aliphatic heterocycles. The summed E-state index contributed by atoms with van der Waals surface area (Å²) in [4.78, 5) is 5.85. The van der Waals surface area contributed by atoms with Gasteiger partial charge in [0.25, 0.3) is 0 Å². The molecule has 0 radical (unpaired) electrons. The maximum absolute atomic E-state index is 5.57. The number of aromatic nitrogens is 3. The Balaban J connectivity index is 1.75. The highest BCUT2D eigenvalue weighted by Gasteiger charge is 2.15. The number of para-hydroxylation sites is 1. The van der Waals surface area contributed by atoms with Gasteiger partial charge in [0.05, 0.1) is 11.8 Å². The third-order valence-electron chi connectivity index (χ3n) is 3.46. The molecule has 4 nitrogen and oxygen atoms in total. The van der Waals surface area contributed by atoms with Crippen LogP contribution < -0.4 is 4.74 Å². The summed E-state index contributed by atoms with van der Waals surface area (Å²) in [5.41, 5.74) is 2.20. The van der Waals surface area contributed by atoms with Crippen LogP contribution in [0.15, 0.2) is 42.0 Å². The Morgan fingerprint density at radius 3 is 2.95 bits per heavy atom. The summed E-state index contributed by atoms with van der Waals surface area (Å²) in [6.07, 6.45) is 7.40. The summed E-state index contributed by atoms with van der Waals surface area (Å²) in [5, 5.41) is 6.58. The van der Waals surface area contributed by atoms with E-state index in [-0.39, 0.29) is 0 Å². The van der Waals surface area contributed by atoms with Gasteiger partial charge in [0, 0.05) is 4.88 Å². The lowest BCUT2D eigenvalue weighted by molar-refractivity contribution is 0.487. The monoisotopic (exact) mass is 307 g/mol. The Hall–Kier alpha value is -2.66. The van der Waals surface area contributed by atoms with E-state index < -0.39 is 0 Å². The lowest BCUT2D eigenvalue weighted by atomic mass is 10.2. The van der Waals surface area contributed by atoms with Crippen LogP contribution in [0.25, 0.3) is 29.7 Å². The number of hydrogen-bond donors (Lipinski definition) is 0. The summed E-state index contributed by atoms with van der Waals surface area (Å²) in [5.74, 6) is 2.26. The Morgan fingerprint density at radius 2 is 2.09 bits per heavy atom. The minimum Gasteiger partial charge on any atom is -0.463 e. The number of nitrogens with zero attached hydrogens (tertiary/aromatic N) is 3. The van der Waals surface area contributed by atoms with E-state index in [1.807, 2.05) is 30.3 Å². The molecule has 4 rings (SSSR count). The molecule has 3 aromatic rings. The number of fused-ring (bicyclic) bond motifs is 3. The molecule has 1 aliphatic rings. The van der Waals surface area contributed by atoms with Gasteiger partial charge >= 0.3 is 0 Å². The molecule has 0 unspecified atom stereocenters. The molecule has 0 spiro atoms. The zero-order chi connectivity index (χ0) is 14.9. The first-order valence-electron chi connectivity index (χ1n) is 6.93. The first-order valence-corrected chi connectivity index (χ1v) is 7.81. The molecule has 0 saturated carbocycles. The molecule has 0 bridgehead atoms. The fraction of sp³-hybridized carbons (Fsp3) is 0.0588. The zero-order valence-corrected chi connectivity index (χ0v) is 12.7. The average molecular weight is 307 g/mol. The maximum atomic E-state index is 5.57. The Bertz CT molecular complexity index is 889. The van der Waals surface area contributed by atoms with E-state index in [0.717, 1.165) is 17.1 Å². The topological polar surface area (TPSA) is 39.9 Å². The Morgan fingerprint density at radius 1 is 1.18 bits per heavy atom. The molecule has 0 fully saturated rings. The number of hydrogen-bond acceptors (Lipinski definition) is 4.